The molecular formula is C20H29N6O5+. The van der Waals surface area contributed by atoms with E-state index in [0.29, 0.717) is 25.6 Å². The Morgan fingerprint density at radius 1 is 1.32 bits per heavy atom. The number of quaternary nitrogens is 1. The van der Waals surface area contributed by atoms with E-state index in [-0.39, 0.29) is 31.2 Å². The number of aromatic nitrogens is 2. The summed E-state index contributed by atoms with van der Waals surface area (Å²) in [5.74, 6) is 4.77. The highest BCUT2D eigenvalue weighted by Gasteiger charge is 2.56. The molecule has 31 heavy (non-hydrogen) atoms. The lowest BCUT2D eigenvalue weighted by molar-refractivity contribution is -0.760. The van der Waals surface area contributed by atoms with Gasteiger partial charge in [-0.15, -0.1) is 5.92 Å². The molecule has 0 radical (unpaired) electrons. The lowest BCUT2D eigenvalue weighted by Gasteiger charge is -2.37. The predicted octanol–water partition coefficient (Wildman–Crippen LogP) is -0.0361. The Hall–Kier alpha value is -2.94. The van der Waals surface area contributed by atoms with Gasteiger partial charge in [-0.2, -0.15) is 9.47 Å². The molecule has 1 aromatic heterocycles. The van der Waals surface area contributed by atoms with Gasteiger partial charge in [-0.25, -0.2) is 19.3 Å². The van der Waals surface area contributed by atoms with Crippen molar-refractivity contribution < 1.29 is 28.7 Å². The maximum atomic E-state index is 13.8. The molecular weight excluding hydrogens is 404 g/mol. The van der Waals surface area contributed by atoms with Gasteiger partial charge < -0.3 is 20.1 Å². The number of carbonyl (C=O) groups excluding carboxylic acids is 2. The number of imidazole rings is 1. The minimum atomic E-state index is -1.24. The number of aliphatic carboxylic acids is 1. The molecule has 0 aliphatic carbocycles. The summed E-state index contributed by atoms with van der Waals surface area (Å²) in [7, 11) is 1.52. The second-order valence-electron chi connectivity index (χ2n) is 7.42. The van der Waals surface area contributed by atoms with Crippen molar-refractivity contribution in [3.8, 4) is 11.8 Å². The van der Waals surface area contributed by atoms with Crippen molar-refractivity contribution in [2.45, 2.75) is 20.4 Å². The van der Waals surface area contributed by atoms with Crippen LogP contribution in [0.1, 0.15) is 24.3 Å². The number of urea groups is 1. The first kappa shape index (κ1) is 22.7. The molecule has 0 bridgehead atoms. The number of carboxylic acids is 1. The van der Waals surface area contributed by atoms with Crippen LogP contribution in [0, 0.1) is 11.8 Å². The fraction of sp³-hybridized carbons (Fsp3) is 0.600. The molecule has 3 rings (SSSR count). The summed E-state index contributed by atoms with van der Waals surface area (Å²) in [6.45, 7) is 6.39. The number of hydrogen-bond donors (Lipinski definition) is 2. The standard InChI is InChI=1S/C20H28N6O5/c1-4-6-9-25-16-17(22-19(25)24-10-7-21-8-11-24)23(3)20(30)26(18(16)29,14-15(27)28)12-13-31-5-2/h21H,5,7-14H2,1-3H3/p+1. The van der Waals surface area contributed by atoms with Gasteiger partial charge in [0.05, 0.1) is 13.2 Å². The zero-order valence-electron chi connectivity index (χ0n) is 18.2. The van der Waals surface area contributed by atoms with Crippen molar-refractivity contribution in [2.75, 3.05) is 69.3 Å². The Labute approximate surface area is 181 Å². The van der Waals surface area contributed by atoms with E-state index in [1.54, 1.807) is 18.4 Å². The second kappa shape index (κ2) is 9.47. The van der Waals surface area contributed by atoms with E-state index in [1.165, 1.54) is 11.9 Å². The molecule has 0 aromatic carbocycles. The van der Waals surface area contributed by atoms with Crippen LogP contribution in [-0.2, 0) is 16.1 Å². The SMILES string of the molecule is CC#CCn1c(N2CCNCC2)nc2c1C(=O)[N+](CCOCC)(CC(=O)O)C(=O)N2C. The smallest absolute Gasteiger partial charge is 0.433 e. The van der Waals surface area contributed by atoms with Crippen molar-refractivity contribution in [3.63, 3.8) is 0 Å². The molecule has 1 atom stereocenters. The van der Waals surface area contributed by atoms with Gasteiger partial charge in [0.1, 0.15) is 6.54 Å². The molecule has 1 fully saturated rings. The van der Waals surface area contributed by atoms with Crippen LogP contribution in [0.3, 0.4) is 0 Å². The van der Waals surface area contributed by atoms with Crippen molar-refractivity contribution in [1.29, 1.82) is 0 Å². The molecule has 1 unspecified atom stereocenters. The Morgan fingerprint density at radius 3 is 2.65 bits per heavy atom. The number of imide groups is 1. The van der Waals surface area contributed by atoms with Gasteiger partial charge in [0.15, 0.2) is 18.1 Å². The van der Waals surface area contributed by atoms with E-state index in [9.17, 15) is 19.5 Å². The molecule has 168 valence electrons. The van der Waals surface area contributed by atoms with Crippen LogP contribution >= 0.6 is 0 Å². The van der Waals surface area contributed by atoms with Gasteiger partial charge in [0.25, 0.3) is 0 Å². The first-order valence-electron chi connectivity index (χ1n) is 10.3. The van der Waals surface area contributed by atoms with E-state index >= 15 is 0 Å². The minimum absolute atomic E-state index is 0.0742. The number of nitrogens with zero attached hydrogens (tertiary/aromatic N) is 5. The first-order chi connectivity index (χ1) is 14.9. The van der Waals surface area contributed by atoms with Gasteiger partial charge >= 0.3 is 17.9 Å². The van der Waals surface area contributed by atoms with Crippen molar-refractivity contribution in [2.24, 2.45) is 0 Å². The zero-order valence-corrected chi connectivity index (χ0v) is 18.2. The van der Waals surface area contributed by atoms with Gasteiger partial charge in [-0.05, 0) is 13.8 Å². The summed E-state index contributed by atoms with van der Waals surface area (Å²) in [4.78, 5) is 46.7. The number of rotatable bonds is 8. The number of amides is 3. The van der Waals surface area contributed by atoms with Crippen LogP contribution in [0.25, 0.3) is 0 Å². The van der Waals surface area contributed by atoms with Crippen LogP contribution < -0.4 is 15.1 Å². The molecule has 2 aliphatic heterocycles. The fourth-order valence-corrected chi connectivity index (χ4v) is 3.97. The molecule has 11 heteroatoms. The van der Waals surface area contributed by atoms with Crippen molar-refractivity contribution >= 4 is 29.7 Å². The van der Waals surface area contributed by atoms with Gasteiger partial charge in [-0.1, -0.05) is 5.92 Å². The Balaban J connectivity index is 2.15. The summed E-state index contributed by atoms with van der Waals surface area (Å²) >= 11 is 0. The largest absolute Gasteiger partial charge is 0.477 e. The average Bonchev–Trinajstić information content (AvgIpc) is 3.14. The Bertz CT molecular complexity index is 926. The highest BCUT2D eigenvalue weighted by atomic mass is 16.5. The van der Waals surface area contributed by atoms with Crippen LogP contribution in [0.4, 0.5) is 16.6 Å². The third kappa shape index (κ3) is 4.14. The number of piperazine rings is 1. The van der Waals surface area contributed by atoms with E-state index < -0.39 is 28.9 Å². The quantitative estimate of drug-likeness (QED) is 0.333. The number of carbonyl (C=O) groups is 3. The number of fused-ring (bicyclic) bond motifs is 1. The fourth-order valence-electron chi connectivity index (χ4n) is 3.97. The van der Waals surface area contributed by atoms with Gasteiger partial charge in [0.2, 0.25) is 5.95 Å². The highest BCUT2D eigenvalue weighted by Crippen LogP contribution is 2.35. The molecule has 1 aromatic rings. The molecule has 0 spiro atoms. The second-order valence-corrected chi connectivity index (χ2v) is 7.42. The lowest BCUT2D eigenvalue weighted by Crippen LogP contribution is -2.67. The lowest BCUT2D eigenvalue weighted by atomic mass is 10.2. The summed E-state index contributed by atoms with van der Waals surface area (Å²) in [5, 5.41) is 12.8. The van der Waals surface area contributed by atoms with Gasteiger partial charge in [0, 0.05) is 39.8 Å². The van der Waals surface area contributed by atoms with Crippen LogP contribution in [0.15, 0.2) is 0 Å². The predicted molar refractivity (Wildman–Crippen MR) is 113 cm³/mol. The average molecular weight is 433 g/mol. The Morgan fingerprint density at radius 2 is 2.03 bits per heavy atom. The minimum Gasteiger partial charge on any atom is -0.477 e. The molecule has 0 saturated carbocycles. The van der Waals surface area contributed by atoms with Crippen LogP contribution in [0.5, 0.6) is 0 Å². The topological polar surface area (TPSA) is 117 Å². The molecule has 3 amide bonds. The van der Waals surface area contributed by atoms with Crippen molar-refractivity contribution in [1.82, 2.24) is 14.9 Å². The zero-order chi connectivity index (χ0) is 22.6. The monoisotopic (exact) mass is 433 g/mol. The molecule has 3 heterocycles. The Kier molecular flexibility index (Phi) is 6.94. The summed E-state index contributed by atoms with van der Waals surface area (Å²) < 4.78 is 6.19. The maximum absolute atomic E-state index is 13.8. The third-order valence-electron chi connectivity index (χ3n) is 5.53. The number of hydrogen-bond acceptors (Lipinski definition) is 7. The molecule has 2 N–H and O–H groups in total. The molecule has 2 aliphatic rings. The summed E-state index contributed by atoms with van der Waals surface area (Å²) in [6, 6.07) is -0.627. The van der Waals surface area contributed by atoms with E-state index in [2.05, 4.69) is 22.1 Å². The number of ether oxygens (including phenoxy) is 1. The highest BCUT2D eigenvalue weighted by molar-refractivity contribution is 6.09. The number of anilines is 2. The van der Waals surface area contributed by atoms with Crippen LogP contribution in [0.2, 0.25) is 0 Å². The van der Waals surface area contributed by atoms with E-state index in [1.807, 2.05) is 4.90 Å². The van der Waals surface area contributed by atoms with Gasteiger partial charge in [-0.3, -0.25) is 4.57 Å². The van der Waals surface area contributed by atoms with Crippen LogP contribution in [-0.4, -0.2) is 96.6 Å². The number of nitrogens with one attached hydrogen (secondary N) is 1. The maximum Gasteiger partial charge on any atom is 0.433 e. The van der Waals surface area contributed by atoms with E-state index in [0.717, 1.165) is 13.1 Å². The number of carboxylic acid groups (broad SMARTS) is 1. The summed E-state index contributed by atoms with van der Waals surface area (Å²) in [5.41, 5.74) is 0.205. The van der Waals surface area contributed by atoms with E-state index in [4.69, 9.17) is 4.74 Å². The van der Waals surface area contributed by atoms with Crippen molar-refractivity contribution in [3.05, 3.63) is 5.69 Å². The normalized spacial score (nSPS) is 21.0. The summed E-state index contributed by atoms with van der Waals surface area (Å²) in [6.07, 6.45) is 0. The molecule has 1 saturated heterocycles. The third-order valence-corrected chi connectivity index (χ3v) is 5.53. The molecule has 11 nitrogen and oxygen atoms in total. The first-order valence-corrected chi connectivity index (χ1v) is 10.3.